The number of nitrogens with two attached hydrogens (primary N) is 1. The van der Waals surface area contributed by atoms with Crippen molar-refractivity contribution < 1.29 is 13.9 Å². The van der Waals surface area contributed by atoms with Crippen LogP contribution in [0.25, 0.3) is 0 Å². The maximum absolute atomic E-state index is 13.8. The number of benzene rings is 2. The van der Waals surface area contributed by atoms with Gasteiger partial charge < -0.3 is 15.8 Å². The molecule has 0 fully saturated rings. The van der Waals surface area contributed by atoms with Crippen molar-refractivity contribution in [1.82, 2.24) is 5.32 Å². The number of halogens is 1. The molecule has 0 spiro atoms. The summed E-state index contributed by atoms with van der Waals surface area (Å²) in [5.41, 5.74) is 7.36. The molecule has 0 bridgehead atoms. The second-order valence-corrected chi connectivity index (χ2v) is 4.52. The van der Waals surface area contributed by atoms with E-state index in [1.54, 1.807) is 6.07 Å². The standard InChI is InChI=1S/C16H17FN2O2/c1-21-14-7-3-6-13(17)15(14)16(20)19-10-12-5-2-4-11(8-12)9-18/h2-8H,9-10,18H2,1H3,(H,19,20). The van der Waals surface area contributed by atoms with Gasteiger partial charge in [-0.2, -0.15) is 0 Å². The van der Waals surface area contributed by atoms with E-state index in [1.165, 1.54) is 19.2 Å². The summed E-state index contributed by atoms with van der Waals surface area (Å²) in [5.74, 6) is -0.908. The Kier molecular flexibility index (Phi) is 4.90. The highest BCUT2D eigenvalue weighted by Gasteiger charge is 2.17. The molecule has 2 aromatic rings. The molecule has 21 heavy (non-hydrogen) atoms. The van der Waals surface area contributed by atoms with Gasteiger partial charge in [0.05, 0.1) is 7.11 Å². The van der Waals surface area contributed by atoms with Gasteiger partial charge >= 0.3 is 0 Å². The fourth-order valence-electron chi connectivity index (χ4n) is 2.03. The van der Waals surface area contributed by atoms with E-state index in [0.717, 1.165) is 11.1 Å². The lowest BCUT2D eigenvalue weighted by Crippen LogP contribution is -2.24. The lowest BCUT2D eigenvalue weighted by atomic mass is 10.1. The first-order chi connectivity index (χ1) is 10.2. The summed E-state index contributed by atoms with van der Waals surface area (Å²) < 4.78 is 18.8. The average molecular weight is 288 g/mol. The Morgan fingerprint density at radius 1 is 1.24 bits per heavy atom. The molecule has 0 aliphatic carbocycles. The van der Waals surface area contributed by atoms with E-state index in [0.29, 0.717) is 13.1 Å². The third kappa shape index (κ3) is 3.58. The molecule has 0 aliphatic rings. The van der Waals surface area contributed by atoms with Crippen LogP contribution in [0.2, 0.25) is 0 Å². The zero-order chi connectivity index (χ0) is 15.2. The van der Waals surface area contributed by atoms with Crippen LogP contribution >= 0.6 is 0 Å². The van der Waals surface area contributed by atoms with Crippen molar-refractivity contribution >= 4 is 5.91 Å². The minimum absolute atomic E-state index is 0.0880. The first-order valence-corrected chi connectivity index (χ1v) is 6.54. The molecule has 0 aromatic heterocycles. The van der Waals surface area contributed by atoms with Crippen molar-refractivity contribution in [3.63, 3.8) is 0 Å². The first-order valence-electron chi connectivity index (χ1n) is 6.54. The second-order valence-electron chi connectivity index (χ2n) is 4.52. The van der Waals surface area contributed by atoms with E-state index in [1.807, 2.05) is 24.3 Å². The Balaban J connectivity index is 2.12. The van der Waals surface area contributed by atoms with Gasteiger partial charge in [0.15, 0.2) is 0 Å². The maximum atomic E-state index is 13.8. The Labute approximate surface area is 122 Å². The van der Waals surface area contributed by atoms with Gasteiger partial charge in [0.1, 0.15) is 17.1 Å². The molecule has 1 amide bonds. The van der Waals surface area contributed by atoms with Crippen molar-refractivity contribution in [3.05, 3.63) is 65.0 Å². The predicted octanol–water partition coefficient (Wildman–Crippen LogP) is 2.22. The van der Waals surface area contributed by atoms with Crippen molar-refractivity contribution in [2.24, 2.45) is 5.73 Å². The number of ether oxygens (including phenoxy) is 1. The van der Waals surface area contributed by atoms with Crippen LogP contribution < -0.4 is 15.8 Å². The summed E-state index contributed by atoms with van der Waals surface area (Å²) in [6.07, 6.45) is 0. The Hall–Kier alpha value is -2.40. The van der Waals surface area contributed by atoms with Crippen molar-refractivity contribution in [2.45, 2.75) is 13.1 Å². The first kappa shape index (κ1) is 15.0. The van der Waals surface area contributed by atoms with Crippen molar-refractivity contribution in [1.29, 1.82) is 0 Å². The number of amides is 1. The molecule has 110 valence electrons. The van der Waals surface area contributed by atoms with Gasteiger partial charge in [-0.25, -0.2) is 4.39 Å². The number of hydrogen-bond donors (Lipinski definition) is 2. The normalized spacial score (nSPS) is 10.2. The van der Waals surface area contributed by atoms with Gasteiger partial charge in [-0.3, -0.25) is 4.79 Å². The van der Waals surface area contributed by atoms with Crippen LogP contribution in [0.15, 0.2) is 42.5 Å². The summed E-state index contributed by atoms with van der Waals surface area (Å²) in [6.45, 7) is 0.729. The monoisotopic (exact) mass is 288 g/mol. The number of rotatable bonds is 5. The summed E-state index contributed by atoms with van der Waals surface area (Å²) in [6, 6.07) is 11.8. The average Bonchev–Trinajstić information content (AvgIpc) is 2.52. The van der Waals surface area contributed by atoms with E-state index < -0.39 is 11.7 Å². The number of methoxy groups -OCH3 is 1. The fourth-order valence-corrected chi connectivity index (χ4v) is 2.03. The maximum Gasteiger partial charge on any atom is 0.258 e. The molecule has 0 radical (unpaired) electrons. The molecule has 2 aromatic carbocycles. The van der Waals surface area contributed by atoms with E-state index in [9.17, 15) is 9.18 Å². The van der Waals surface area contributed by atoms with Crippen LogP contribution in [0.3, 0.4) is 0 Å². The Bertz CT molecular complexity index is 644. The zero-order valence-corrected chi connectivity index (χ0v) is 11.7. The smallest absolute Gasteiger partial charge is 0.258 e. The summed E-state index contributed by atoms with van der Waals surface area (Å²) >= 11 is 0. The highest BCUT2D eigenvalue weighted by Crippen LogP contribution is 2.21. The molecule has 3 N–H and O–H groups in total. The van der Waals surface area contributed by atoms with E-state index in [2.05, 4.69) is 5.32 Å². The van der Waals surface area contributed by atoms with Crippen LogP contribution in [-0.2, 0) is 13.1 Å². The lowest BCUT2D eigenvalue weighted by molar-refractivity contribution is 0.0943. The highest BCUT2D eigenvalue weighted by atomic mass is 19.1. The molecule has 0 saturated heterocycles. The number of nitrogens with one attached hydrogen (secondary N) is 1. The molecule has 0 atom stereocenters. The molecular formula is C16H17FN2O2. The molecule has 0 aliphatic heterocycles. The van der Waals surface area contributed by atoms with Crippen LogP contribution in [0.1, 0.15) is 21.5 Å². The summed E-state index contributed by atoms with van der Waals surface area (Å²) in [5, 5.41) is 2.68. The SMILES string of the molecule is COc1cccc(F)c1C(=O)NCc1cccc(CN)c1. The number of hydrogen-bond acceptors (Lipinski definition) is 3. The molecule has 2 rings (SSSR count). The minimum Gasteiger partial charge on any atom is -0.496 e. The number of carbonyl (C=O) groups excluding carboxylic acids is 1. The summed E-state index contributed by atoms with van der Waals surface area (Å²) in [4.78, 5) is 12.1. The van der Waals surface area contributed by atoms with Crippen LogP contribution in [0.4, 0.5) is 4.39 Å². The predicted molar refractivity (Wildman–Crippen MR) is 78.5 cm³/mol. The molecule has 0 unspecified atom stereocenters. The quantitative estimate of drug-likeness (QED) is 0.886. The van der Waals surface area contributed by atoms with Crippen LogP contribution in [-0.4, -0.2) is 13.0 Å². The Morgan fingerprint density at radius 2 is 1.95 bits per heavy atom. The topological polar surface area (TPSA) is 64.3 Å². The Morgan fingerprint density at radius 3 is 2.67 bits per heavy atom. The largest absolute Gasteiger partial charge is 0.496 e. The second kappa shape index (κ2) is 6.85. The third-order valence-electron chi connectivity index (χ3n) is 3.10. The van der Waals surface area contributed by atoms with E-state index in [4.69, 9.17) is 10.5 Å². The van der Waals surface area contributed by atoms with E-state index >= 15 is 0 Å². The minimum atomic E-state index is -0.609. The van der Waals surface area contributed by atoms with Crippen molar-refractivity contribution in [2.75, 3.05) is 7.11 Å². The number of carbonyl (C=O) groups is 1. The fraction of sp³-hybridized carbons (Fsp3) is 0.188. The molecule has 5 heteroatoms. The third-order valence-corrected chi connectivity index (χ3v) is 3.10. The van der Waals surface area contributed by atoms with Crippen LogP contribution in [0, 0.1) is 5.82 Å². The molecule has 0 saturated carbocycles. The lowest BCUT2D eigenvalue weighted by Gasteiger charge is -2.10. The molecule has 4 nitrogen and oxygen atoms in total. The van der Waals surface area contributed by atoms with Gasteiger partial charge in [-0.05, 0) is 23.3 Å². The van der Waals surface area contributed by atoms with Gasteiger partial charge in [0.2, 0.25) is 0 Å². The van der Waals surface area contributed by atoms with Crippen molar-refractivity contribution in [3.8, 4) is 5.75 Å². The van der Waals surface area contributed by atoms with Gasteiger partial charge in [-0.1, -0.05) is 30.3 Å². The zero-order valence-electron chi connectivity index (χ0n) is 11.7. The molecular weight excluding hydrogens is 271 g/mol. The van der Waals surface area contributed by atoms with Crippen LogP contribution in [0.5, 0.6) is 5.75 Å². The molecule has 0 heterocycles. The highest BCUT2D eigenvalue weighted by molar-refractivity contribution is 5.97. The van der Waals surface area contributed by atoms with Gasteiger partial charge in [0.25, 0.3) is 5.91 Å². The summed E-state index contributed by atoms with van der Waals surface area (Å²) in [7, 11) is 1.40. The van der Waals surface area contributed by atoms with Gasteiger partial charge in [-0.15, -0.1) is 0 Å². The van der Waals surface area contributed by atoms with E-state index in [-0.39, 0.29) is 11.3 Å². The van der Waals surface area contributed by atoms with Gasteiger partial charge in [0, 0.05) is 13.1 Å².